The van der Waals surface area contributed by atoms with Gasteiger partial charge in [-0.15, -0.1) is 0 Å². The van der Waals surface area contributed by atoms with Crippen LogP contribution in [0.5, 0.6) is 5.88 Å². The highest BCUT2D eigenvalue weighted by Gasteiger charge is 2.19. The lowest BCUT2D eigenvalue weighted by Gasteiger charge is -2.35. The quantitative estimate of drug-likeness (QED) is 0.543. The Morgan fingerprint density at radius 3 is 2.69 bits per heavy atom. The Kier molecular flexibility index (Phi) is 6.93. The summed E-state index contributed by atoms with van der Waals surface area (Å²) in [4.78, 5) is 18.0. The van der Waals surface area contributed by atoms with E-state index in [1.807, 2.05) is 25.1 Å². The molecule has 0 radical (unpaired) electrons. The summed E-state index contributed by atoms with van der Waals surface area (Å²) in [7, 11) is 1.51. The highest BCUT2D eigenvalue weighted by molar-refractivity contribution is 7.77. The Bertz CT molecular complexity index is 1150. The van der Waals surface area contributed by atoms with Crippen LogP contribution < -0.4 is 14.4 Å². The Balaban J connectivity index is 1.67. The summed E-state index contributed by atoms with van der Waals surface area (Å²) in [6.45, 7) is 5.77. The van der Waals surface area contributed by atoms with Gasteiger partial charge in [0.1, 0.15) is 12.1 Å². The molecule has 1 saturated heterocycles. The van der Waals surface area contributed by atoms with Gasteiger partial charge in [-0.2, -0.15) is 0 Å². The number of pyridine rings is 1. The van der Waals surface area contributed by atoms with Crippen molar-refractivity contribution in [2.45, 2.75) is 13.5 Å². The van der Waals surface area contributed by atoms with Crippen molar-refractivity contribution in [2.75, 3.05) is 38.2 Å². The van der Waals surface area contributed by atoms with Crippen molar-refractivity contribution in [3.63, 3.8) is 0 Å². The number of allylic oxidation sites excluding steroid dienone is 1. The number of fused-ring (bicyclic) bond motifs is 1. The van der Waals surface area contributed by atoms with E-state index in [0.29, 0.717) is 11.4 Å². The lowest BCUT2D eigenvalue weighted by Crippen LogP contribution is -2.44. The number of rotatable bonds is 7. The molecule has 1 fully saturated rings. The standard InChI is InChI=1S/C22H26N6O3S/c1-3-6-27-7-9-28(10-8-27)21-19-12-16(4-5-20(19)24-15-25-21)17-11-18(14-26-32(29)30)22(31-2)23-13-17/h3-6,11-13,15,26H,7-10,14H2,1-2H3,(H,29,30)/p-1. The minimum atomic E-state index is -2.37. The molecule has 3 aromatic rings. The van der Waals surface area contributed by atoms with Crippen LogP contribution in [0.1, 0.15) is 12.5 Å². The first-order chi connectivity index (χ1) is 15.6. The molecule has 1 N–H and O–H groups in total. The van der Waals surface area contributed by atoms with Crippen molar-refractivity contribution in [1.29, 1.82) is 0 Å². The van der Waals surface area contributed by atoms with Crippen LogP contribution in [0.25, 0.3) is 22.0 Å². The zero-order valence-corrected chi connectivity index (χ0v) is 18.8. The Labute approximate surface area is 189 Å². The predicted molar refractivity (Wildman–Crippen MR) is 124 cm³/mol. The summed E-state index contributed by atoms with van der Waals surface area (Å²) >= 11 is -2.37. The van der Waals surface area contributed by atoms with Gasteiger partial charge < -0.3 is 19.1 Å². The first-order valence-electron chi connectivity index (χ1n) is 10.3. The fraction of sp³-hybridized carbons (Fsp3) is 0.318. The maximum absolute atomic E-state index is 10.9. The van der Waals surface area contributed by atoms with Crippen LogP contribution >= 0.6 is 0 Å². The fourth-order valence-electron chi connectivity index (χ4n) is 3.87. The molecule has 0 bridgehead atoms. The zero-order valence-electron chi connectivity index (χ0n) is 18.0. The number of anilines is 1. The lowest BCUT2D eigenvalue weighted by atomic mass is 10.0. The van der Waals surface area contributed by atoms with Gasteiger partial charge in [-0.05, 0) is 36.9 Å². The molecule has 0 amide bonds. The maximum Gasteiger partial charge on any atom is 0.217 e. The van der Waals surface area contributed by atoms with Crippen molar-refractivity contribution in [2.24, 2.45) is 0 Å². The number of nitrogens with zero attached hydrogens (tertiary/aromatic N) is 5. The molecular formula is C22H25N6O3S-. The third-order valence-corrected chi connectivity index (χ3v) is 5.80. The van der Waals surface area contributed by atoms with Crippen LogP contribution in [0.2, 0.25) is 0 Å². The van der Waals surface area contributed by atoms with E-state index in [-0.39, 0.29) is 6.54 Å². The molecule has 1 unspecified atom stereocenters. The average molecular weight is 454 g/mol. The van der Waals surface area contributed by atoms with Gasteiger partial charge in [-0.3, -0.25) is 4.21 Å². The lowest BCUT2D eigenvalue weighted by molar-refractivity contribution is 0.348. The average Bonchev–Trinajstić information content (AvgIpc) is 2.82. The topological polar surface area (TPSA) is 107 Å². The van der Waals surface area contributed by atoms with E-state index in [0.717, 1.165) is 54.0 Å². The zero-order chi connectivity index (χ0) is 22.5. The van der Waals surface area contributed by atoms with Gasteiger partial charge in [0.05, 0.1) is 12.6 Å². The van der Waals surface area contributed by atoms with Gasteiger partial charge in [0, 0.05) is 66.7 Å². The van der Waals surface area contributed by atoms with E-state index in [1.165, 1.54) is 7.11 Å². The van der Waals surface area contributed by atoms with Crippen LogP contribution in [0.3, 0.4) is 0 Å². The number of hydrogen-bond acceptors (Lipinski definition) is 8. The van der Waals surface area contributed by atoms with E-state index in [2.05, 4.69) is 47.8 Å². The Morgan fingerprint density at radius 2 is 1.97 bits per heavy atom. The summed E-state index contributed by atoms with van der Waals surface area (Å²) in [6.07, 6.45) is 7.51. The third-order valence-electron chi connectivity index (χ3n) is 5.42. The number of nitrogens with one attached hydrogen (secondary N) is 1. The second-order valence-corrected chi connectivity index (χ2v) is 8.14. The normalized spacial score (nSPS) is 15.5. The summed E-state index contributed by atoms with van der Waals surface area (Å²) in [5.41, 5.74) is 3.33. The number of aromatic nitrogens is 3. The molecule has 1 atom stereocenters. The monoisotopic (exact) mass is 453 g/mol. The van der Waals surface area contributed by atoms with Crippen molar-refractivity contribution in [3.8, 4) is 17.0 Å². The number of hydrogen-bond donors (Lipinski definition) is 1. The fourth-order valence-corrected chi connectivity index (χ4v) is 4.14. The highest BCUT2D eigenvalue weighted by atomic mass is 32.2. The second-order valence-electron chi connectivity index (χ2n) is 7.38. The van der Waals surface area contributed by atoms with Gasteiger partial charge in [0.15, 0.2) is 0 Å². The molecule has 168 valence electrons. The minimum absolute atomic E-state index is 0.0958. The van der Waals surface area contributed by atoms with E-state index in [1.54, 1.807) is 12.5 Å². The first-order valence-corrected chi connectivity index (χ1v) is 11.4. The van der Waals surface area contributed by atoms with Crippen molar-refractivity contribution < 1.29 is 13.5 Å². The molecule has 2 aromatic heterocycles. The molecule has 1 aromatic carbocycles. The van der Waals surface area contributed by atoms with Crippen molar-refractivity contribution in [1.82, 2.24) is 24.6 Å². The van der Waals surface area contributed by atoms with Crippen LogP contribution in [0.15, 0.2) is 49.1 Å². The van der Waals surface area contributed by atoms with Gasteiger partial charge in [0.2, 0.25) is 5.88 Å². The molecule has 1 aliphatic heterocycles. The molecule has 3 heterocycles. The van der Waals surface area contributed by atoms with E-state index < -0.39 is 11.3 Å². The summed E-state index contributed by atoms with van der Waals surface area (Å²) in [5.74, 6) is 1.30. The van der Waals surface area contributed by atoms with E-state index in [9.17, 15) is 8.76 Å². The first kappa shape index (κ1) is 22.1. The van der Waals surface area contributed by atoms with Crippen LogP contribution in [0, 0.1) is 0 Å². The Morgan fingerprint density at radius 1 is 1.16 bits per heavy atom. The largest absolute Gasteiger partial charge is 0.760 e. The third kappa shape index (κ3) is 4.87. The Hall–Kier alpha value is -3.08. The van der Waals surface area contributed by atoms with Gasteiger partial charge >= 0.3 is 0 Å². The summed E-state index contributed by atoms with van der Waals surface area (Å²) in [6, 6.07) is 7.90. The van der Waals surface area contributed by atoms with E-state index >= 15 is 0 Å². The molecule has 0 spiro atoms. The van der Waals surface area contributed by atoms with Gasteiger partial charge in [0.25, 0.3) is 0 Å². The minimum Gasteiger partial charge on any atom is -0.760 e. The predicted octanol–water partition coefficient (Wildman–Crippen LogP) is 2.24. The summed E-state index contributed by atoms with van der Waals surface area (Å²) < 4.78 is 29.5. The molecule has 0 saturated carbocycles. The van der Waals surface area contributed by atoms with Crippen LogP contribution in [-0.2, 0) is 17.8 Å². The number of methoxy groups -OCH3 is 1. The highest BCUT2D eigenvalue weighted by Crippen LogP contribution is 2.30. The second kappa shape index (κ2) is 10.0. The number of ether oxygens (including phenoxy) is 1. The molecule has 10 heteroatoms. The van der Waals surface area contributed by atoms with Crippen LogP contribution in [-0.4, -0.2) is 61.9 Å². The van der Waals surface area contributed by atoms with Gasteiger partial charge in [-0.1, -0.05) is 12.1 Å². The summed E-state index contributed by atoms with van der Waals surface area (Å²) in [5, 5.41) is 0.973. The number of benzene rings is 1. The molecule has 32 heavy (non-hydrogen) atoms. The number of piperazine rings is 1. The smallest absolute Gasteiger partial charge is 0.217 e. The van der Waals surface area contributed by atoms with E-state index in [4.69, 9.17) is 4.74 Å². The molecule has 9 nitrogen and oxygen atoms in total. The van der Waals surface area contributed by atoms with Crippen molar-refractivity contribution >= 4 is 28.0 Å². The van der Waals surface area contributed by atoms with Crippen molar-refractivity contribution in [3.05, 3.63) is 54.6 Å². The molecule has 1 aliphatic rings. The molecule has 0 aliphatic carbocycles. The van der Waals surface area contributed by atoms with Crippen LogP contribution in [0.4, 0.5) is 5.82 Å². The molecular weight excluding hydrogens is 428 g/mol. The maximum atomic E-state index is 10.9. The SMILES string of the molecule is CC=CN1CCN(c2ncnc3ccc(-c4cnc(OC)c(CNS(=O)[O-])c4)cc23)CC1. The van der Waals surface area contributed by atoms with Gasteiger partial charge in [-0.25, -0.2) is 19.7 Å². The molecule has 4 rings (SSSR count).